The Morgan fingerprint density at radius 3 is 2.17 bits per heavy atom. The van der Waals surface area contributed by atoms with Gasteiger partial charge in [-0.15, -0.1) is 0 Å². The first kappa shape index (κ1) is 28.7. The summed E-state index contributed by atoms with van der Waals surface area (Å²) >= 11 is 0. The molecule has 3 aromatic rings. The van der Waals surface area contributed by atoms with Gasteiger partial charge in [-0.25, -0.2) is 14.4 Å². The molecule has 41 heavy (non-hydrogen) atoms. The first-order valence-electron chi connectivity index (χ1n) is 14.6. The lowest BCUT2D eigenvalue weighted by Gasteiger charge is -2.24. The molecule has 0 unspecified atom stereocenters. The topological polar surface area (TPSA) is 65.1 Å². The van der Waals surface area contributed by atoms with Crippen molar-refractivity contribution in [2.45, 2.75) is 90.8 Å². The monoisotopic (exact) mass is 555 g/mol. The fourth-order valence-corrected chi connectivity index (χ4v) is 6.06. The van der Waals surface area contributed by atoms with Gasteiger partial charge in [-0.2, -0.15) is 0 Å². The molecule has 1 saturated carbocycles. The number of carbonyl (C=O) groups is 2. The van der Waals surface area contributed by atoms with Crippen molar-refractivity contribution in [2.75, 3.05) is 13.1 Å². The smallest absolute Gasteiger partial charge is 0.418 e. The molecule has 1 aliphatic carbocycles. The lowest BCUT2D eigenvalue weighted by Crippen LogP contribution is -2.35. The van der Waals surface area contributed by atoms with Crippen LogP contribution in [0.5, 0.6) is 0 Å². The van der Waals surface area contributed by atoms with E-state index in [4.69, 9.17) is 16.0 Å². The Kier molecular flexibility index (Phi) is 7.40. The van der Waals surface area contributed by atoms with Gasteiger partial charge in [-0.1, -0.05) is 30.3 Å². The van der Waals surface area contributed by atoms with Crippen molar-refractivity contribution in [3.05, 3.63) is 76.3 Å². The van der Waals surface area contributed by atoms with Crippen LogP contribution in [-0.4, -0.2) is 45.9 Å². The third-order valence-corrected chi connectivity index (χ3v) is 7.92. The maximum atomic E-state index is 13.2. The second kappa shape index (κ2) is 10.6. The second-order valence-electron chi connectivity index (χ2n) is 13.6. The average molecular weight is 556 g/mol. The van der Waals surface area contributed by atoms with E-state index in [1.54, 1.807) is 4.57 Å². The number of likely N-dealkylation sites (tertiary alicyclic amines) is 1. The predicted octanol–water partition coefficient (Wildman–Crippen LogP) is 8.35. The number of carbonyl (C=O) groups excluding carboxylic acids is 2. The number of aromatic nitrogens is 1. The van der Waals surface area contributed by atoms with Gasteiger partial charge >= 0.3 is 12.2 Å². The summed E-state index contributed by atoms with van der Waals surface area (Å²) in [7, 11) is 0. The molecule has 1 aliphatic heterocycles. The highest BCUT2D eigenvalue weighted by Crippen LogP contribution is 2.46. The largest absolute Gasteiger partial charge is 0.444 e. The molecule has 2 atom stereocenters. The first-order chi connectivity index (χ1) is 19.2. The molecule has 2 aliphatic rings. The van der Waals surface area contributed by atoms with Crippen LogP contribution in [0.3, 0.4) is 0 Å². The fraction of sp³-hybridized carbons (Fsp3) is 0.500. The van der Waals surface area contributed by atoms with Gasteiger partial charge in [0.05, 0.1) is 12.1 Å². The van der Waals surface area contributed by atoms with E-state index in [2.05, 4.69) is 17.8 Å². The highest BCUT2D eigenvalue weighted by atomic mass is 16.6. The summed E-state index contributed by atoms with van der Waals surface area (Å²) in [6.07, 6.45) is 4.26. The van der Waals surface area contributed by atoms with Crippen molar-refractivity contribution in [2.24, 2.45) is 5.92 Å². The molecule has 7 nitrogen and oxygen atoms in total. The number of fused-ring (bicyclic) bond motifs is 1. The summed E-state index contributed by atoms with van der Waals surface area (Å²) in [6.45, 7) is 21.9. The molecule has 0 radical (unpaired) electrons. The van der Waals surface area contributed by atoms with E-state index in [-0.39, 0.29) is 24.0 Å². The van der Waals surface area contributed by atoms with E-state index in [9.17, 15) is 9.59 Å². The number of amides is 1. The van der Waals surface area contributed by atoms with E-state index in [0.717, 1.165) is 28.5 Å². The number of benzene rings is 2. The molecule has 2 heterocycles. The van der Waals surface area contributed by atoms with Crippen LogP contribution < -0.4 is 0 Å². The highest BCUT2D eigenvalue weighted by Gasteiger charge is 2.39. The lowest BCUT2D eigenvalue weighted by molar-refractivity contribution is 0.0286. The number of nitrogens with zero attached hydrogens (tertiary/aromatic N) is 3. The third-order valence-electron chi connectivity index (χ3n) is 7.92. The van der Waals surface area contributed by atoms with Crippen molar-refractivity contribution in [3.8, 4) is 0 Å². The van der Waals surface area contributed by atoms with Gasteiger partial charge in [-0.3, -0.25) is 4.57 Å². The van der Waals surface area contributed by atoms with Crippen LogP contribution in [-0.2, 0) is 15.9 Å². The van der Waals surface area contributed by atoms with Crippen LogP contribution in [0.4, 0.5) is 15.3 Å². The standard InChI is InChI=1S/C34H41N3O4/c1-21-17-27(22-9-10-22)28(26-15-16-37(30(21)26)32(39)41-34(5,6)7)18-24-19-36(31(38)40-33(2,3)4)20-29(24)23-11-13-25(35-8)14-12-23/h11-17,22,24,29H,9-10,18-20H2,1-7H3/t24-,29+/m1/s1. The molecular weight excluding hydrogens is 514 g/mol. The number of hydrogen-bond acceptors (Lipinski definition) is 4. The minimum atomic E-state index is -0.594. The maximum Gasteiger partial charge on any atom is 0.418 e. The Hall–Kier alpha value is -3.79. The Morgan fingerprint density at radius 2 is 1.59 bits per heavy atom. The maximum absolute atomic E-state index is 13.2. The Labute approximate surface area is 243 Å². The van der Waals surface area contributed by atoms with Crippen molar-refractivity contribution in [1.29, 1.82) is 0 Å². The minimum Gasteiger partial charge on any atom is -0.444 e. The molecule has 2 fully saturated rings. The summed E-state index contributed by atoms with van der Waals surface area (Å²) in [6, 6.07) is 12.1. The molecule has 7 heteroatoms. The van der Waals surface area contributed by atoms with Crippen molar-refractivity contribution in [1.82, 2.24) is 9.47 Å². The molecule has 1 saturated heterocycles. The van der Waals surface area contributed by atoms with Gasteiger partial charge in [0.25, 0.3) is 0 Å². The first-order valence-corrected chi connectivity index (χ1v) is 14.6. The number of rotatable bonds is 4. The van der Waals surface area contributed by atoms with Crippen LogP contribution >= 0.6 is 0 Å². The third kappa shape index (κ3) is 6.27. The summed E-state index contributed by atoms with van der Waals surface area (Å²) < 4.78 is 13.1. The van der Waals surface area contributed by atoms with Crippen molar-refractivity contribution < 1.29 is 19.1 Å². The molecule has 5 rings (SSSR count). The summed E-state index contributed by atoms with van der Waals surface area (Å²) in [4.78, 5) is 31.7. The fourth-order valence-electron chi connectivity index (χ4n) is 6.06. The summed E-state index contributed by atoms with van der Waals surface area (Å²) in [5.74, 6) is 0.769. The predicted molar refractivity (Wildman–Crippen MR) is 161 cm³/mol. The van der Waals surface area contributed by atoms with E-state index >= 15 is 0 Å². The molecule has 0 N–H and O–H groups in total. The van der Waals surface area contributed by atoms with Crippen LogP contribution in [0.1, 0.15) is 88.5 Å². The molecule has 0 bridgehead atoms. The van der Waals surface area contributed by atoms with E-state index in [1.165, 1.54) is 24.0 Å². The zero-order valence-electron chi connectivity index (χ0n) is 25.3. The minimum absolute atomic E-state index is 0.0960. The van der Waals surface area contributed by atoms with Crippen molar-refractivity contribution >= 4 is 28.8 Å². The van der Waals surface area contributed by atoms with E-state index < -0.39 is 11.2 Å². The Balaban J connectivity index is 1.55. The van der Waals surface area contributed by atoms with Crippen LogP contribution in [0.25, 0.3) is 15.7 Å². The van der Waals surface area contributed by atoms with Gasteiger partial charge in [0.2, 0.25) is 0 Å². The van der Waals surface area contributed by atoms with Crippen LogP contribution in [0, 0.1) is 19.4 Å². The van der Waals surface area contributed by atoms with Crippen LogP contribution in [0.2, 0.25) is 0 Å². The highest BCUT2D eigenvalue weighted by molar-refractivity contribution is 5.94. The summed E-state index contributed by atoms with van der Waals surface area (Å²) in [5, 5.41) is 1.08. The average Bonchev–Trinajstić information content (AvgIpc) is 3.47. The summed E-state index contributed by atoms with van der Waals surface area (Å²) in [5.41, 5.74) is 5.12. The number of aryl methyl sites for hydroxylation is 1. The van der Waals surface area contributed by atoms with Gasteiger partial charge in [0.15, 0.2) is 5.69 Å². The van der Waals surface area contributed by atoms with E-state index in [1.807, 2.05) is 83.0 Å². The van der Waals surface area contributed by atoms with E-state index in [0.29, 0.717) is 24.7 Å². The molecule has 216 valence electrons. The molecule has 1 amide bonds. The van der Waals surface area contributed by atoms with Crippen molar-refractivity contribution in [3.63, 3.8) is 0 Å². The molecule has 0 spiro atoms. The van der Waals surface area contributed by atoms with Crippen LogP contribution in [0.15, 0.2) is 42.6 Å². The zero-order chi connectivity index (χ0) is 29.7. The number of hydrogen-bond donors (Lipinski definition) is 0. The second-order valence-corrected chi connectivity index (χ2v) is 13.6. The SMILES string of the molecule is [C-]#[N+]c1ccc([C@@H]2CN(C(=O)OC(C)(C)C)C[C@H]2Cc2c(C3CC3)cc(C)c3c2ccn3C(=O)OC(C)(C)C)cc1. The molecule has 2 aromatic carbocycles. The zero-order valence-corrected chi connectivity index (χ0v) is 25.3. The normalized spacial score (nSPS) is 19.3. The number of ether oxygens (including phenoxy) is 2. The quantitative estimate of drug-likeness (QED) is 0.304. The van der Waals surface area contributed by atoms with Gasteiger partial charge in [0, 0.05) is 30.6 Å². The molecule has 1 aromatic heterocycles. The van der Waals surface area contributed by atoms with Gasteiger partial charge in [-0.05, 0) is 108 Å². The van der Waals surface area contributed by atoms with Gasteiger partial charge < -0.3 is 14.4 Å². The Bertz CT molecular complexity index is 1510. The molecular formula is C34H41N3O4. The lowest BCUT2D eigenvalue weighted by atomic mass is 9.82. The Morgan fingerprint density at radius 1 is 0.951 bits per heavy atom. The van der Waals surface area contributed by atoms with Gasteiger partial charge in [0.1, 0.15) is 11.2 Å².